The number of rotatable bonds is 18. The maximum absolute atomic E-state index is 13.7. The summed E-state index contributed by atoms with van der Waals surface area (Å²) in [4.78, 5) is 42.7. The van der Waals surface area contributed by atoms with Crippen LogP contribution in [0.15, 0.2) is 133 Å². The van der Waals surface area contributed by atoms with Crippen molar-refractivity contribution in [1.82, 2.24) is 15.2 Å². The molecule has 2 aliphatic rings. The quantitative estimate of drug-likeness (QED) is 0.0333. The van der Waals surface area contributed by atoms with Gasteiger partial charge < -0.3 is 20.3 Å². The van der Waals surface area contributed by atoms with E-state index in [2.05, 4.69) is 121 Å². The molecule has 0 radical (unpaired) electrons. The summed E-state index contributed by atoms with van der Waals surface area (Å²) in [5.74, 6) is -0.280. The van der Waals surface area contributed by atoms with Gasteiger partial charge in [0, 0.05) is 82.2 Å². The van der Waals surface area contributed by atoms with Gasteiger partial charge in [-0.3, -0.25) is 23.5 Å². The average Bonchev–Trinajstić information content (AvgIpc) is 3.84. The van der Waals surface area contributed by atoms with Crippen LogP contribution in [-0.4, -0.2) is 84.6 Å². The summed E-state index contributed by atoms with van der Waals surface area (Å²) in [5.41, 5.74) is 9.55. The Kier molecular flexibility index (Phi) is 15.1. The van der Waals surface area contributed by atoms with E-state index in [9.17, 15) is 27.4 Å². The van der Waals surface area contributed by atoms with Gasteiger partial charge >= 0.3 is 0 Å². The topological polar surface area (TPSA) is 150 Å². The molecule has 5 aromatic carbocycles. The molecule has 0 spiro atoms. The second-order valence-electron chi connectivity index (χ2n) is 19.5. The lowest BCUT2D eigenvalue weighted by molar-refractivity contribution is -0.438. The maximum atomic E-state index is 13.7. The van der Waals surface area contributed by atoms with Crippen molar-refractivity contribution in [3.63, 3.8) is 0 Å². The number of likely N-dealkylation sites (N-methyl/N-ethyl adjacent to an activating group) is 1. The number of halogens is 1. The highest BCUT2D eigenvalue weighted by molar-refractivity contribution is 7.85. The molecule has 72 heavy (non-hydrogen) atoms. The number of nitrogens with zero attached hydrogens (tertiary/aromatic N) is 3. The minimum atomic E-state index is -4.03. The van der Waals surface area contributed by atoms with E-state index in [-0.39, 0.29) is 60.2 Å². The predicted octanol–water partition coefficient (Wildman–Crippen LogP) is 10.3. The first-order valence-electron chi connectivity index (χ1n) is 24.4. The van der Waals surface area contributed by atoms with Gasteiger partial charge in [0.25, 0.3) is 16.0 Å². The third kappa shape index (κ3) is 10.6. The van der Waals surface area contributed by atoms with Gasteiger partial charge in [0.15, 0.2) is 5.71 Å². The van der Waals surface area contributed by atoms with E-state index in [0.29, 0.717) is 52.5 Å². The number of allylic oxidation sites excluding steroid dienone is 6. The molecule has 374 valence electrons. The summed E-state index contributed by atoms with van der Waals surface area (Å²) in [5, 5.41) is 9.53. The number of unbranched alkanes of at least 4 members (excludes halogenated alkanes) is 1. The Morgan fingerprint density at radius 1 is 0.819 bits per heavy atom. The normalized spacial score (nSPS) is 15.6. The molecule has 0 bridgehead atoms. The number of benzene rings is 5. The fraction of sp³-hybridized carbons (Fsp3) is 0.310. The monoisotopic (exact) mass is 1010 g/mol. The smallest absolute Gasteiger partial charge is 0.264 e. The van der Waals surface area contributed by atoms with Crippen molar-refractivity contribution in [3.05, 3.63) is 172 Å². The summed E-state index contributed by atoms with van der Waals surface area (Å²) < 4.78 is 41.7. The van der Waals surface area contributed by atoms with E-state index in [4.69, 9.17) is 16.3 Å². The lowest BCUT2D eigenvalue weighted by Gasteiger charge is -2.25. The van der Waals surface area contributed by atoms with Crippen LogP contribution in [0.1, 0.15) is 85.8 Å². The van der Waals surface area contributed by atoms with Crippen molar-refractivity contribution in [3.8, 4) is 5.75 Å². The Morgan fingerprint density at radius 3 is 2.25 bits per heavy atom. The lowest BCUT2D eigenvalue weighted by atomic mass is 9.79. The molecular weight excluding hydrogens is 946 g/mol. The third-order valence-corrected chi connectivity index (χ3v) is 15.2. The van der Waals surface area contributed by atoms with Gasteiger partial charge in [-0.05, 0) is 122 Å². The van der Waals surface area contributed by atoms with E-state index in [0.717, 1.165) is 45.8 Å². The number of amides is 2. The highest BCUT2D eigenvalue weighted by Crippen LogP contribution is 2.48. The number of carbonyl (C=O) groups is 3. The molecule has 8 rings (SSSR count). The first-order valence-corrected chi connectivity index (χ1v) is 26.4. The number of fused-ring (bicyclic) bond motifs is 5. The Hall–Kier alpha value is -6.80. The summed E-state index contributed by atoms with van der Waals surface area (Å²) in [6.45, 7) is 14.7. The third-order valence-electron chi connectivity index (χ3n) is 14.1. The number of methoxy groups -OCH3 is 1. The summed E-state index contributed by atoms with van der Waals surface area (Å²) >= 11 is 6.08. The number of nitrogens with one attached hydrogen (secondary N) is 2. The molecule has 2 amide bonds. The number of ether oxygens (including phenoxy) is 1. The molecular formula is C58H63ClN5O7S+. The second kappa shape index (κ2) is 21.1. The van der Waals surface area contributed by atoms with Crippen molar-refractivity contribution >= 4 is 78.2 Å². The Morgan fingerprint density at radius 2 is 1.54 bits per heavy atom. The summed E-state index contributed by atoms with van der Waals surface area (Å²) in [6.07, 6.45) is 11.7. The first kappa shape index (κ1) is 51.6. The van der Waals surface area contributed by atoms with Gasteiger partial charge in [0.05, 0.1) is 36.6 Å². The molecule has 12 nitrogen and oxygen atoms in total. The van der Waals surface area contributed by atoms with Crippen molar-refractivity contribution in [2.75, 3.05) is 43.9 Å². The summed E-state index contributed by atoms with van der Waals surface area (Å²) in [7, 11) is -2.46. The molecule has 6 aromatic rings. The fourth-order valence-corrected chi connectivity index (χ4v) is 11.2. The number of hydrogen-bond donors (Lipinski definition) is 3. The molecule has 0 aliphatic carbocycles. The van der Waals surface area contributed by atoms with Gasteiger partial charge in [-0.1, -0.05) is 80.1 Å². The van der Waals surface area contributed by atoms with Gasteiger partial charge in [-0.25, -0.2) is 0 Å². The Balaban J connectivity index is 0.900. The average molecular weight is 1010 g/mol. The van der Waals surface area contributed by atoms with E-state index in [1.54, 1.807) is 42.0 Å². The van der Waals surface area contributed by atoms with Gasteiger partial charge in [0.2, 0.25) is 17.5 Å². The van der Waals surface area contributed by atoms with Crippen LogP contribution in [0.25, 0.3) is 21.7 Å². The van der Waals surface area contributed by atoms with Crippen LogP contribution in [0.2, 0.25) is 5.02 Å². The molecule has 3 N–H and O–H groups in total. The minimum absolute atomic E-state index is 0.0302. The number of carbonyl (C=O) groups excluding carboxylic acids is 3. The van der Waals surface area contributed by atoms with Crippen LogP contribution in [0.3, 0.4) is 0 Å². The number of aromatic nitrogens is 1. The van der Waals surface area contributed by atoms with Gasteiger partial charge in [0.1, 0.15) is 12.3 Å². The molecule has 14 heteroatoms. The molecule has 0 atom stereocenters. The summed E-state index contributed by atoms with van der Waals surface area (Å²) in [6, 6.07) is 31.0. The zero-order valence-corrected chi connectivity index (χ0v) is 43.6. The van der Waals surface area contributed by atoms with Crippen LogP contribution in [0.5, 0.6) is 5.75 Å². The highest BCUT2D eigenvalue weighted by atomic mass is 35.5. The Bertz CT molecular complexity index is 3350. The van der Waals surface area contributed by atoms with Crippen LogP contribution >= 0.6 is 11.6 Å². The SMILES string of the molecule is CCN1/C(=C/C=C/C=C/C2=[N+](CCCCS(=O)(=O)O)c3ccc4ccccc4c3C2(C)C)C(C)(C)c2cc(CC(=O)NCCNC(=O)Cc3c(C)n(C(=O)c4ccc(Cl)cc4)c4ccc(OC)cc34)ccc21. The molecule has 0 saturated carbocycles. The fourth-order valence-electron chi connectivity index (χ4n) is 10.5. The lowest BCUT2D eigenvalue weighted by Crippen LogP contribution is -2.36. The molecule has 1 aromatic heterocycles. The molecule has 0 unspecified atom stereocenters. The van der Waals surface area contributed by atoms with Crippen LogP contribution in [0.4, 0.5) is 11.4 Å². The Labute approximate surface area is 427 Å². The largest absolute Gasteiger partial charge is 0.497 e. The van der Waals surface area contributed by atoms with Gasteiger partial charge in [-0.2, -0.15) is 13.0 Å². The van der Waals surface area contributed by atoms with Crippen molar-refractivity contribution in [1.29, 1.82) is 0 Å². The zero-order valence-electron chi connectivity index (χ0n) is 42.0. The highest BCUT2D eigenvalue weighted by Gasteiger charge is 2.45. The van der Waals surface area contributed by atoms with Crippen LogP contribution in [-0.2, 0) is 43.4 Å². The van der Waals surface area contributed by atoms with Crippen molar-refractivity contribution < 1.29 is 36.7 Å². The maximum Gasteiger partial charge on any atom is 0.264 e. The van der Waals surface area contributed by atoms with Gasteiger partial charge in [-0.15, -0.1) is 0 Å². The van der Waals surface area contributed by atoms with E-state index < -0.39 is 10.1 Å². The molecule has 0 saturated heterocycles. The molecule has 0 fully saturated rings. The van der Waals surface area contributed by atoms with Crippen molar-refractivity contribution in [2.45, 2.75) is 78.1 Å². The van der Waals surface area contributed by atoms with E-state index in [1.165, 1.54) is 16.3 Å². The first-order chi connectivity index (χ1) is 34.3. The van der Waals surface area contributed by atoms with Crippen LogP contribution < -0.4 is 20.3 Å². The molecule has 3 heterocycles. The standard InChI is InChI=1S/C58H62ClN5O7S/c1-8-62-49-27-20-39(35-53(65)60-30-31-61-54(66)37-45-38(2)64(48-29-26-43(71-7)36-46(45)48)56(67)41-21-24-42(59)25-22-41)34-47(49)57(3,4)51(62)18-10-9-11-19-52-58(5,6)55-44-17-13-12-16-40(44)23-28-50(55)63(52)32-14-15-33-72(68,69)70/h9-13,16-29,34,36H,8,14-15,30-33,35,37H2,1-7H3,(H2-,60,61,65,66,68,69,70)/p+1. The van der Waals surface area contributed by atoms with Crippen LogP contribution in [0, 0.1) is 6.92 Å². The molecule has 2 aliphatic heterocycles. The minimum Gasteiger partial charge on any atom is -0.497 e. The number of anilines is 1. The second-order valence-corrected chi connectivity index (χ2v) is 21.5. The number of hydrogen-bond acceptors (Lipinski definition) is 7. The van der Waals surface area contributed by atoms with E-state index >= 15 is 0 Å². The van der Waals surface area contributed by atoms with E-state index in [1.807, 2.05) is 37.3 Å². The predicted molar refractivity (Wildman–Crippen MR) is 289 cm³/mol. The van der Waals surface area contributed by atoms with Crippen molar-refractivity contribution in [2.24, 2.45) is 0 Å². The zero-order chi connectivity index (χ0) is 51.5.